The van der Waals surface area contributed by atoms with E-state index in [1.165, 1.54) is 18.7 Å². The summed E-state index contributed by atoms with van der Waals surface area (Å²) in [6.45, 7) is 11.8. The monoisotopic (exact) mass is 992 g/mol. The van der Waals surface area contributed by atoms with Gasteiger partial charge in [-0.15, -0.1) is 0 Å². The largest absolute Gasteiger partial charge is 0.466 e. The number of ether oxygens (including phenoxy) is 1. The van der Waals surface area contributed by atoms with Gasteiger partial charge in [-0.1, -0.05) is 265 Å². The van der Waals surface area contributed by atoms with Crippen LogP contribution in [0.5, 0.6) is 0 Å². The van der Waals surface area contributed by atoms with Gasteiger partial charge >= 0.3 is 5.97 Å². The van der Waals surface area contributed by atoms with Gasteiger partial charge in [0.05, 0.1) is 7.11 Å². The van der Waals surface area contributed by atoms with E-state index in [-0.39, 0.29) is 28.7 Å². The van der Waals surface area contributed by atoms with Crippen LogP contribution in [0.4, 0.5) is 5.69 Å². The van der Waals surface area contributed by atoms with E-state index < -0.39 is 0 Å². The van der Waals surface area contributed by atoms with E-state index >= 15 is 0 Å². The summed E-state index contributed by atoms with van der Waals surface area (Å²) in [6.07, 6.45) is 23.6. The third-order valence-electron chi connectivity index (χ3n) is 10.7. The first-order valence-electron chi connectivity index (χ1n) is 24.9. The molecule has 7 rings (SSSR count). The summed E-state index contributed by atoms with van der Waals surface area (Å²) < 4.78 is 4.64. The lowest BCUT2D eigenvalue weighted by atomic mass is 9.86. The van der Waals surface area contributed by atoms with Crippen LogP contribution in [0.1, 0.15) is 79.1 Å². The first-order valence-corrected chi connectivity index (χ1v) is 24.9. The second kappa shape index (κ2) is 33.6. The number of hydrogen-bond donors (Lipinski definition) is 1. The highest BCUT2D eigenvalue weighted by Gasteiger charge is 2.15. The smallest absolute Gasteiger partial charge is 0.330 e. The van der Waals surface area contributed by atoms with Gasteiger partial charge in [-0.05, 0) is 104 Å². The van der Waals surface area contributed by atoms with Crippen LogP contribution in [0, 0.1) is 5.92 Å². The lowest BCUT2D eigenvalue weighted by molar-refractivity contribution is -0.134. The summed E-state index contributed by atoms with van der Waals surface area (Å²) >= 11 is 0. The molecular formula is C69H69NO5. The minimum absolute atomic E-state index is 0.0114. The minimum Gasteiger partial charge on any atom is -0.466 e. The van der Waals surface area contributed by atoms with Crippen molar-refractivity contribution in [2.75, 3.05) is 19.0 Å². The predicted octanol–water partition coefficient (Wildman–Crippen LogP) is 16.2. The molecule has 7 aromatic rings. The van der Waals surface area contributed by atoms with Crippen molar-refractivity contribution in [2.24, 2.45) is 5.92 Å². The molecule has 75 heavy (non-hydrogen) atoms. The Morgan fingerprint density at radius 3 is 0.933 bits per heavy atom. The molecule has 0 heterocycles. The van der Waals surface area contributed by atoms with Crippen molar-refractivity contribution in [2.45, 2.75) is 40.0 Å². The number of anilines is 1. The summed E-state index contributed by atoms with van der Waals surface area (Å²) in [5, 5.41) is 3.46. The fourth-order valence-corrected chi connectivity index (χ4v) is 6.48. The van der Waals surface area contributed by atoms with Gasteiger partial charge in [0.1, 0.15) is 0 Å². The molecule has 0 radical (unpaired) electrons. The molecule has 0 amide bonds. The first kappa shape index (κ1) is 58.6. The molecule has 0 aliphatic heterocycles. The van der Waals surface area contributed by atoms with Crippen LogP contribution >= 0.6 is 0 Å². The lowest BCUT2D eigenvalue weighted by Gasteiger charge is -2.21. The number of hydrogen-bond acceptors (Lipinski definition) is 6. The number of carbonyl (C=O) groups excluding carboxylic acids is 4. The zero-order valence-corrected chi connectivity index (χ0v) is 44.0. The Hall–Kier alpha value is -9.00. The van der Waals surface area contributed by atoms with Crippen LogP contribution in [0.15, 0.2) is 243 Å². The number of methoxy groups -OCH3 is 1. The third kappa shape index (κ3) is 25.8. The molecule has 0 saturated carbocycles. The number of ketones is 3. The Labute approximate surface area is 445 Å². The Morgan fingerprint density at radius 2 is 0.693 bits per heavy atom. The van der Waals surface area contributed by atoms with Crippen molar-refractivity contribution in [1.29, 1.82) is 0 Å². The van der Waals surface area contributed by atoms with E-state index in [1.54, 1.807) is 42.5 Å². The van der Waals surface area contributed by atoms with Crippen molar-refractivity contribution in [3.63, 3.8) is 0 Å². The zero-order chi connectivity index (χ0) is 53.9. The van der Waals surface area contributed by atoms with Crippen LogP contribution in [0.2, 0.25) is 0 Å². The van der Waals surface area contributed by atoms with E-state index in [4.69, 9.17) is 0 Å². The number of nitrogens with one attached hydrogen (secondary N) is 1. The van der Waals surface area contributed by atoms with Crippen LogP contribution in [-0.2, 0) is 29.3 Å². The molecule has 0 atom stereocenters. The Bertz CT molecular complexity index is 2590. The lowest BCUT2D eigenvalue weighted by Crippen LogP contribution is -2.14. The summed E-state index contributed by atoms with van der Waals surface area (Å²) in [5.74, 6) is 0.179. The summed E-state index contributed by atoms with van der Waals surface area (Å²) in [6, 6.07) is 65.0. The number of esters is 1. The van der Waals surface area contributed by atoms with Gasteiger partial charge in [0.15, 0.2) is 17.3 Å². The average Bonchev–Trinajstić information content (AvgIpc) is 3.44. The molecular weight excluding hydrogens is 923 g/mol. The van der Waals surface area contributed by atoms with Crippen LogP contribution in [0.25, 0.3) is 42.5 Å². The molecule has 0 unspecified atom stereocenters. The molecule has 0 bridgehead atoms. The Morgan fingerprint density at radius 1 is 0.413 bits per heavy atom. The highest BCUT2D eigenvalue weighted by atomic mass is 16.5. The highest BCUT2D eigenvalue weighted by Crippen LogP contribution is 2.28. The van der Waals surface area contributed by atoms with E-state index in [1.807, 2.05) is 225 Å². The maximum absolute atomic E-state index is 11.6. The van der Waals surface area contributed by atoms with Crippen LogP contribution in [-0.4, -0.2) is 37.0 Å². The maximum Gasteiger partial charge on any atom is 0.330 e. The van der Waals surface area contributed by atoms with Crippen molar-refractivity contribution >= 4 is 71.5 Å². The third-order valence-corrected chi connectivity index (χ3v) is 10.7. The molecule has 7 aromatic carbocycles. The van der Waals surface area contributed by atoms with E-state index in [9.17, 15) is 19.2 Å². The molecule has 6 nitrogen and oxygen atoms in total. The molecule has 0 aromatic heterocycles. The standard InChI is InChI=1S/C18H27NO2.3C17H14O/c1-13(2)12-19-16-11-15(18(3,4)5)9-7-14(16)8-10-17(20)21-6;3*18-17(13-11-15-7-3-1-4-8-15)14-12-16-9-5-2-6-10-16/h7-11,13,19H,12H2,1-6H3;3*1-14H. The number of benzene rings is 7. The molecule has 1 N–H and O–H groups in total. The fourth-order valence-electron chi connectivity index (χ4n) is 6.48. The SMILES string of the molecule is COC(=O)C=Cc1ccc(C(C)(C)C)cc1NCC(C)C.O=C(C=Cc1ccccc1)C=Cc1ccccc1.O=C(C=Cc1ccccc1)C=Cc1ccccc1.O=C(C=Cc1ccccc1)C=Cc1ccccc1. The molecule has 0 aliphatic carbocycles. The second-order valence-electron chi connectivity index (χ2n) is 18.4. The van der Waals surface area contributed by atoms with Crippen molar-refractivity contribution in [3.8, 4) is 0 Å². The van der Waals surface area contributed by atoms with E-state index in [0.29, 0.717) is 5.92 Å². The van der Waals surface area contributed by atoms with Crippen LogP contribution in [0.3, 0.4) is 0 Å². The zero-order valence-electron chi connectivity index (χ0n) is 44.0. The molecule has 0 aliphatic rings. The molecule has 0 fully saturated rings. The second-order valence-corrected chi connectivity index (χ2v) is 18.4. The van der Waals surface area contributed by atoms with Gasteiger partial charge in [0.25, 0.3) is 0 Å². The topological polar surface area (TPSA) is 89.5 Å². The molecule has 6 heteroatoms. The molecule has 0 saturated heterocycles. The van der Waals surface area contributed by atoms with Gasteiger partial charge in [0, 0.05) is 18.3 Å². The van der Waals surface area contributed by atoms with Gasteiger partial charge in [-0.3, -0.25) is 14.4 Å². The van der Waals surface area contributed by atoms with Crippen LogP contribution < -0.4 is 5.32 Å². The predicted molar refractivity (Wildman–Crippen MR) is 317 cm³/mol. The fraction of sp³-hybridized carbons (Fsp3) is 0.130. The Balaban J connectivity index is 0.000000217. The highest BCUT2D eigenvalue weighted by molar-refractivity contribution is 6.05. The Kier molecular flexibility index (Phi) is 26.2. The van der Waals surface area contributed by atoms with Gasteiger partial charge in [0.2, 0.25) is 0 Å². The summed E-state index contributed by atoms with van der Waals surface area (Å²) in [4.78, 5) is 46.1. The number of carbonyl (C=O) groups is 4. The van der Waals surface area contributed by atoms with Gasteiger partial charge in [-0.2, -0.15) is 0 Å². The number of allylic oxidation sites excluding steroid dienone is 6. The van der Waals surface area contributed by atoms with Crippen molar-refractivity contribution < 1.29 is 23.9 Å². The van der Waals surface area contributed by atoms with Crippen molar-refractivity contribution in [1.82, 2.24) is 0 Å². The quantitative estimate of drug-likeness (QED) is 0.0722. The summed E-state index contributed by atoms with van der Waals surface area (Å²) in [7, 11) is 1.38. The molecule has 0 spiro atoms. The number of rotatable bonds is 17. The minimum atomic E-state index is -0.343. The van der Waals surface area contributed by atoms with Crippen molar-refractivity contribution in [3.05, 3.63) is 287 Å². The van der Waals surface area contributed by atoms with E-state index in [0.717, 1.165) is 51.2 Å². The summed E-state index contributed by atoms with van der Waals surface area (Å²) in [5.41, 5.74) is 9.57. The normalized spacial score (nSPS) is 11.3. The first-order chi connectivity index (χ1) is 36.3. The molecule has 380 valence electrons. The van der Waals surface area contributed by atoms with Gasteiger partial charge in [-0.25, -0.2) is 4.79 Å². The average molecular weight is 992 g/mol. The van der Waals surface area contributed by atoms with E-state index in [2.05, 4.69) is 56.8 Å². The van der Waals surface area contributed by atoms with Gasteiger partial charge < -0.3 is 10.1 Å². The maximum atomic E-state index is 11.6.